The fourth-order valence-corrected chi connectivity index (χ4v) is 5.88. The number of rotatable bonds is 10. The highest BCUT2D eigenvalue weighted by molar-refractivity contribution is 5.73. The summed E-state index contributed by atoms with van der Waals surface area (Å²) in [6.07, 6.45) is -32.5. The van der Waals surface area contributed by atoms with Crippen molar-refractivity contribution in [1.82, 2.24) is 5.32 Å². The van der Waals surface area contributed by atoms with E-state index in [1.165, 1.54) is 6.92 Å². The Morgan fingerprint density at radius 3 is 1.57 bits per heavy atom. The van der Waals surface area contributed by atoms with Gasteiger partial charge in [-0.15, -0.1) is 0 Å². The van der Waals surface area contributed by atoms with E-state index in [0.29, 0.717) is 0 Å². The van der Waals surface area contributed by atoms with Gasteiger partial charge in [0.15, 0.2) is 25.2 Å². The number of nitrogens with one attached hydrogen (secondary N) is 1. The lowest BCUT2D eigenvalue weighted by Crippen LogP contribution is -2.70. The first-order chi connectivity index (χ1) is 22.1. The minimum atomic E-state index is -2.03. The minimum absolute atomic E-state index is 0.702. The maximum absolute atomic E-state index is 12.1. The van der Waals surface area contributed by atoms with Crippen molar-refractivity contribution < 1.29 is 99.2 Å². The summed E-state index contributed by atoms with van der Waals surface area (Å²) in [5, 5.41) is 126. The van der Waals surface area contributed by atoms with E-state index in [9.17, 15) is 66.1 Å². The molecule has 0 aliphatic carbocycles. The fourth-order valence-electron chi connectivity index (χ4n) is 5.88. The molecular formula is C26H45NO20. The molecule has 0 aromatic rings. The summed E-state index contributed by atoms with van der Waals surface area (Å²) in [5.74, 6) is -0.702. The Kier molecular flexibility index (Phi) is 13.2. The number of hydrogen-bond donors (Lipinski definition) is 13. The first kappa shape index (κ1) is 38.5. The Hall–Kier alpha value is -1.29. The van der Waals surface area contributed by atoms with Gasteiger partial charge in [0.1, 0.15) is 91.5 Å². The predicted molar refractivity (Wildman–Crippen MR) is 144 cm³/mol. The molecule has 4 aliphatic rings. The summed E-state index contributed by atoms with van der Waals surface area (Å²) in [5.41, 5.74) is 0. The average Bonchev–Trinajstić information content (AvgIpc) is 3.04. The van der Waals surface area contributed by atoms with Crippen LogP contribution in [0.3, 0.4) is 0 Å². The Bertz CT molecular complexity index is 1010. The van der Waals surface area contributed by atoms with Crippen LogP contribution in [-0.2, 0) is 38.0 Å². The molecule has 0 bridgehead atoms. The van der Waals surface area contributed by atoms with Gasteiger partial charge in [-0.05, 0) is 6.92 Å². The normalized spacial score (nSPS) is 51.0. The minimum Gasteiger partial charge on any atom is -0.394 e. The van der Waals surface area contributed by atoms with Crippen LogP contribution in [-0.4, -0.2) is 210 Å². The van der Waals surface area contributed by atoms with Gasteiger partial charge < -0.3 is 99.8 Å². The van der Waals surface area contributed by atoms with Crippen LogP contribution in [0.4, 0.5) is 0 Å². The van der Waals surface area contributed by atoms with Gasteiger partial charge in [0.05, 0.1) is 25.9 Å². The average molecular weight is 692 g/mol. The summed E-state index contributed by atoms with van der Waals surface area (Å²) in [6, 6.07) is -1.52. The standard InChI is InChI=1S/C26H45NO20/c1-6-12(32)15(35)17(37)24(41-6)46-21-11(27-7(2)31)23(40)42-10(5-30)20(21)45-26-19(39)22(14(34)9(4-29)44-26)47-25-18(38)16(36)13(33)8(3-28)43-25/h6,8-26,28-30,32-40H,3-5H2,1-2H3,(H,27,31)/t6-,8+,9+,10+,11+,12+,13-,14-,15+,16-,17-,18+,19+,20+,21+,22-,23+,24-,25+,26-/m0/s1. The molecule has 21 heteroatoms. The summed E-state index contributed by atoms with van der Waals surface area (Å²) < 4.78 is 39.2. The van der Waals surface area contributed by atoms with Crippen molar-refractivity contribution in [2.45, 2.75) is 137 Å². The lowest BCUT2D eigenvalue weighted by molar-refractivity contribution is -0.385. The van der Waals surface area contributed by atoms with Crippen molar-refractivity contribution in [3.8, 4) is 0 Å². The van der Waals surface area contributed by atoms with Crippen molar-refractivity contribution in [1.29, 1.82) is 0 Å². The lowest BCUT2D eigenvalue weighted by atomic mass is 9.94. The Balaban J connectivity index is 1.63. The molecule has 4 saturated heterocycles. The SMILES string of the molecule is CC(=O)N[C@@H]1[C@@H](O[C@@H]2O[C@@H](C)[C@@H](O)[C@@H](O)[C@@H]2O)[C@H](O[C@@H]2O[C@H](CO)[C@H](O)[C@H](O[C@H]3O[C@H](CO)[C@H](O)[C@H](O)[C@H]3O)[C@H]2O)[C@@H](CO)O[C@H]1O. The number of aliphatic hydroxyl groups excluding tert-OH is 12. The third-order valence-electron chi connectivity index (χ3n) is 8.57. The van der Waals surface area contributed by atoms with E-state index in [2.05, 4.69) is 5.32 Å². The molecular weight excluding hydrogens is 646 g/mol. The van der Waals surface area contributed by atoms with E-state index >= 15 is 0 Å². The number of amides is 1. The van der Waals surface area contributed by atoms with Crippen LogP contribution in [0.1, 0.15) is 13.8 Å². The van der Waals surface area contributed by atoms with Crippen molar-refractivity contribution in [3.63, 3.8) is 0 Å². The van der Waals surface area contributed by atoms with Gasteiger partial charge in [-0.2, -0.15) is 0 Å². The number of aliphatic hydroxyl groups is 12. The lowest BCUT2D eigenvalue weighted by Gasteiger charge is -2.50. The molecule has 47 heavy (non-hydrogen) atoms. The molecule has 20 atom stereocenters. The molecule has 0 spiro atoms. The summed E-state index contributed by atoms with van der Waals surface area (Å²) in [6.45, 7) is -0.114. The van der Waals surface area contributed by atoms with Crippen LogP contribution in [0, 0.1) is 0 Å². The van der Waals surface area contributed by atoms with Crippen molar-refractivity contribution in [2.75, 3.05) is 19.8 Å². The Labute approximate surface area is 267 Å². The maximum atomic E-state index is 12.1. The molecule has 0 aromatic carbocycles. The number of carbonyl (C=O) groups is 1. The zero-order chi connectivity index (χ0) is 34.9. The van der Waals surface area contributed by atoms with Gasteiger partial charge in [0.2, 0.25) is 5.91 Å². The Morgan fingerprint density at radius 2 is 1.02 bits per heavy atom. The smallest absolute Gasteiger partial charge is 0.217 e. The van der Waals surface area contributed by atoms with Crippen LogP contribution in [0.2, 0.25) is 0 Å². The van der Waals surface area contributed by atoms with Crippen LogP contribution < -0.4 is 5.32 Å². The van der Waals surface area contributed by atoms with Crippen molar-refractivity contribution in [3.05, 3.63) is 0 Å². The van der Waals surface area contributed by atoms with Gasteiger partial charge in [0.25, 0.3) is 0 Å². The van der Waals surface area contributed by atoms with E-state index in [-0.39, 0.29) is 0 Å². The van der Waals surface area contributed by atoms with Gasteiger partial charge >= 0.3 is 0 Å². The quantitative estimate of drug-likeness (QED) is 0.101. The van der Waals surface area contributed by atoms with E-state index < -0.39 is 148 Å². The van der Waals surface area contributed by atoms with E-state index in [4.69, 9.17) is 33.2 Å². The van der Waals surface area contributed by atoms with Crippen molar-refractivity contribution >= 4 is 5.91 Å². The molecule has 0 unspecified atom stereocenters. The molecule has 0 aromatic heterocycles. The largest absolute Gasteiger partial charge is 0.394 e. The monoisotopic (exact) mass is 691 g/mol. The zero-order valence-corrected chi connectivity index (χ0v) is 25.3. The number of hydrogen-bond acceptors (Lipinski definition) is 20. The maximum Gasteiger partial charge on any atom is 0.217 e. The van der Waals surface area contributed by atoms with Crippen LogP contribution in [0.25, 0.3) is 0 Å². The highest BCUT2D eigenvalue weighted by Crippen LogP contribution is 2.34. The summed E-state index contributed by atoms with van der Waals surface area (Å²) in [4.78, 5) is 12.1. The molecule has 0 radical (unpaired) electrons. The second-order valence-electron chi connectivity index (χ2n) is 11.9. The molecule has 4 fully saturated rings. The van der Waals surface area contributed by atoms with Gasteiger partial charge in [-0.25, -0.2) is 0 Å². The first-order valence-corrected chi connectivity index (χ1v) is 15.0. The van der Waals surface area contributed by atoms with E-state index in [1.807, 2.05) is 0 Å². The highest BCUT2D eigenvalue weighted by atomic mass is 16.8. The van der Waals surface area contributed by atoms with Crippen LogP contribution in [0.15, 0.2) is 0 Å². The van der Waals surface area contributed by atoms with Crippen LogP contribution in [0.5, 0.6) is 0 Å². The molecule has 21 nitrogen and oxygen atoms in total. The highest BCUT2D eigenvalue weighted by Gasteiger charge is 2.55. The Morgan fingerprint density at radius 1 is 0.553 bits per heavy atom. The third kappa shape index (κ3) is 8.04. The number of ether oxygens (including phenoxy) is 7. The molecule has 4 rings (SSSR count). The number of carbonyl (C=O) groups excluding carboxylic acids is 1. The second-order valence-corrected chi connectivity index (χ2v) is 11.9. The van der Waals surface area contributed by atoms with Crippen molar-refractivity contribution in [2.24, 2.45) is 0 Å². The third-order valence-corrected chi connectivity index (χ3v) is 8.57. The molecule has 4 heterocycles. The van der Waals surface area contributed by atoms with Crippen LogP contribution >= 0.6 is 0 Å². The molecule has 4 aliphatic heterocycles. The van der Waals surface area contributed by atoms with Gasteiger partial charge in [-0.1, -0.05) is 0 Å². The van der Waals surface area contributed by atoms with E-state index in [0.717, 1.165) is 6.92 Å². The second kappa shape index (κ2) is 16.2. The fraction of sp³-hybridized carbons (Fsp3) is 0.962. The molecule has 13 N–H and O–H groups in total. The predicted octanol–water partition coefficient (Wildman–Crippen LogP) is -8.58. The van der Waals surface area contributed by atoms with Gasteiger partial charge in [-0.3, -0.25) is 4.79 Å². The molecule has 274 valence electrons. The van der Waals surface area contributed by atoms with E-state index in [1.54, 1.807) is 0 Å². The summed E-state index contributed by atoms with van der Waals surface area (Å²) >= 11 is 0. The topological polar surface area (TPSA) is 336 Å². The zero-order valence-electron chi connectivity index (χ0n) is 25.3. The first-order valence-electron chi connectivity index (χ1n) is 15.0. The molecule has 1 amide bonds. The summed E-state index contributed by atoms with van der Waals surface area (Å²) in [7, 11) is 0. The van der Waals surface area contributed by atoms with Gasteiger partial charge in [0, 0.05) is 6.92 Å². The molecule has 0 saturated carbocycles.